The Labute approximate surface area is 142 Å². The van der Waals surface area contributed by atoms with Crippen molar-refractivity contribution in [3.8, 4) is 0 Å². The molecule has 0 spiro atoms. The zero-order valence-corrected chi connectivity index (χ0v) is 14.1. The van der Waals surface area contributed by atoms with Crippen LogP contribution in [0.1, 0.15) is 50.7 Å². The molecule has 3 atom stereocenters. The van der Waals surface area contributed by atoms with Crippen LogP contribution in [0.3, 0.4) is 0 Å². The maximum Gasteiger partial charge on any atom is 0.319 e. The van der Waals surface area contributed by atoms with Crippen LogP contribution in [0.5, 0.6) is 0 Å². The molecule has 2 aliphatic rings. The zero-order chi connectivity index (χ0) is 17.0. The molecule has 3 unspecified atom stereocenters. The molecule has 1 aliphatic carbocycles. The highest BCUT2D eigenvalue weighted by Crippen LogP contribution is 2.41. The lowest BCUT2D eigenvalue weighted by Crippen LogP contribution is -2.42. The van der Waals surface area contributed by atoms with E-state index in [0.29, 0.717) is 25.9 Å². The highest BCUT2D eigenvalue weighted by Gasteiger charge is 2.47. The van der Waals surface area contributed by atoms with Crippen LogP contribution in [0.25, 0.3) is 0 Å². The van der Waals surface area contributed by atoms with Crippen LogP contribution in [0.4, 0.5) is 0 Å². The Morgan fingerprint density at radius 2 is 2.12 bits per heavy atom. The van der Waals surface area contributed by atoms with Crippen LogP contribution in [-0.2, 0) is 19.1 Å². The van der Waals surface area contributed by atoms with Crippen LogP contribution >= 0.6 is 0 Å². The van der Waals surface area contributed by atoms with Crippen molar-refractivity contribution >= 4 is 11.8 Å². The average Bonchev–Trinajstić information content (AvgIpc) is 3.37. The van der Waals surface area contributed by atoms with E-state index < -0.39 is 5.41 Å². The van der Waals surface area contributed by atoms with Gasteiger partial charge < -0.3 is 9.47 Å². The van der Waals surface area contributed by atoms with Crippen LogP contribution in [0, 0.1) is 5.41 Å². The fourth-order valence-corrected chi connectivity index (χ4v) is 3.46. The molecule has 24 heavy (non-hydrogen) atoms. The van der Waals surface area contributed by atoms with Gasteiger partial charge in [-0.1, -0.05) is 48.9 Å². The van der Waals surface area contributed by atoms with Crippen molar-refractivity contribution < 1.29 is 19.1 Å². The summed E-state index contributed by atoms with van der Waals surface area (Å²) in [5, 5.41) is 0. The van der Waals surface area contributed by atoms with Crippen LogP contribution in [0.15, 0.2) is 42.5 Å². The lowest BCUT2D eigenvalue weighted by molar-refractivity contribution is -0.162. The maximum absolute atomic E-state index is 12.4. The Morgan fingerprint density at radius 3 is 2.83 bits per heavy atom. The van der Waals surface area contributed by atoms with E-state index >= 15 is 0 Å². The second-order valence-electron chi connectivity index (χ2n) is 6.50. The van der Waals surface area contributed by atoms with E-state index in [1.54, 1.807) is 6.92 Å². The number of hydrogen-bond acceptors (Lipinski definition) is 4. The second-order valence-corrected chi connectivity index (χ2v) is 6.50. The van der Waals surface area contributed by atoms with Gasteiger partial charge in [0.2, 0.25) is 0 Å². The Balaban J connectivity index is 1.64. The summed E-state index contributed by atoms with van der Waals surface area (Å²) >= 11 is 0. The number of ether oxygens (including phenoxy) is 2. The first-order valence-corrected chi connectivity index (χ1v) is 8.75. The third-order valence-electron chi connectivity index (χ3n) is 4.90. The van der Waals surface area contributed by atoms with Gasteiger partial charge in [0.05, 0.1) is 6.61 Å². The summed E-state index contributed by atoms with van der Waals surface area (Å²) in [7, 11) is 0. The van der Waals surface area contributed by atoms with Crippen LogP contribution < -0.4 is 0 Å². The van der Waals surface area contributed by atoms with E-state index in [4.69, 9.17) is 9.47 Å². The van der Waals surface area contributed by atoms with Gasteiger partial charge in [-0.25, -0.2) is 0 Å². The number of allylic oxidation sites excluding steroid dienone is 1. The molecule has 0 N–H and O–H groups in total. The zero-order valence-electron chi connectivity index (χ0n) is 14.1. The van der Waals surface area contributed by atoms with Gasteiger partial charge in [0.1, 0.15) is 23.4 Å². The first kappa shape index (κ1) is 16.9. The number of rotatable bonds is 6. The first-order chi connectivity index (χ1) is 11.7. The predicted molar refractivity (Wildman–Crippen MR) is 90.4 cm³/mol. The Morgan fingerprint density at radius 1 is 1.33 bits per heavy atom. The lowest BCUT2D eigenvalue weighted by atomic mass is 9.70. The molecule has 1 saturated heterocycles. The summed E-state index contributed by atoms with van der Waals surface area (Å²) < 4.78 is 10.9. The number of epoxide rings is 1. The molecule has 0 bridgehead atoms. The number of carbonyl (C=O) groups excluding carboxylic acids is 2. The molecular formula is C20H24O4. The quantitative estimate of drug-likeness (QED) is 0.345. The minimum atomic E-state index is -0.984. The monoisotopic (exact) mass is 328 g/mol. The highest BCUT2D eigenvalue weighted by atomic mass is 16.6. The molecule has 1 aromatic carbocycles. The van der Waals surface area contributed by atoms with Gasteiger partial charge in [-0.05, 0) is 31.7 Å². The molecular weight excluding hydrogens is 304 g/mol. The van der Waals surface area contributed by atoms with Crippen molar-refractivity contribution in [2.75, 3.05) is 6.61 Å². The fourth-order valence-electron chi connectivity index (χ4n) is 3.46. The number of carbonyl (C=O) groups is 2. The smallest absolute Gasteiger partial charge is 0.319 e. The van der Waals surface area contributed by atoms with E-state index in [2.05, 4.69) is 0 Å². The molecule has 128 valence electrons. The van der Waals surface area contributed by atoms with Crippen molar-refractivity contribution in [2.24, 2.45) is 5.41 Å². The maximum atomic E-state index is 12.4. The summed E-state index contributed by atoms with van der Waals surface area (Å²) in [6.45, 7) is 2.08. The molecule has 1 aliphatic heterocycles. The Hall–Kier alpha value is -1.94. The number of esters is 1. The summed E-state index contributed by atoms with van der Waals surface area (Å²) in [5.74, 6) is -0.344. The number of hydrogen-bond donors (Lipinski definition) is 0. The standard InChI is InChI=1S/C20H24O4/c1-2-23-19(22)20(13-7-6-12-17(20)21)14-8-11-16-18(24-16)15-9-4-3-5-10-15/h3-5,8-11,16,18H,2,6-7,12-14H2,1H3/b11-8+. The molecule has 2 fully saturated rings. The van der Waals surface area contributed by atoms with Gasteiger partial charge in [-0.15, -0.1) is 0 Å². The third kappa shape index (κ3) is 3.44. The van der Waals surface area contributed by atoms with Gasteiger partial charge in [0.25, 0.3) is 0 Å². The average molecular weight is 328 g/mol. The SMILES string of the molecule is CCOC(=O)C1(C/C=C/C2OC2c2ccccc2)CCCCC1=O. The van der Waals surface area contributed by atoms with Crippen molar-refractivity contribution in [1.82, 2.24) is 0 Å². The van der Waals surface area contributed by atoms with Gasteiger partial charge in [-0.2, -0.15) is 0 Å². The minimum Gasteiger partial charge on any atom is -0.465 e. The van der Waals surface area contributed by atoms with Crippen molar-refractivity contribution in [2.45, 2.75) is 51.2 Å². The summed E-state index contributed by atoms with van der Waals surface area (Å²) in [6.07, 6.45) is 7.24. The Bertz CT molecular complexity index is 622. The van der Waals surface area contributed by atoms with E-state index in [1.165, 1.54) is 0 Å². The van der Waals surface area contributed by atoms with Crippen molar-refractivity contribution in [1.29, 1.82) is 0 Å². The molecule has 4 nitrogen and oxygen atoms in total. The third-order valence-corrected chi connectivity index (χ3v) is 4.90. The Kier molecular flexibility index (Phi) is 5.14. The first-order valence-electron chi connectivity index (χ1n) is 8.75. The summed E-state index contributed by atoms with van der Waals surface area (Å²) in [5.41, 5.74) is 0.169. The second kappa shape index (κ2) is 7.31. The summed E-state index contributed by atoms with van der Waals surface area (Å²) in [6, 6.07) is 10.1. The van der Waals surface area contributed by atoms with E-state index in [0.717, 1.165) is 18.4 Å². The van der Waals surface area contributed by atoms with E-state index in [1.807, 2.05) is 42.5 Å². The molecule has 0 amide bonds. The molecule has 1 heterocycles. The van der Waals surface area contributed by atoms with Gasteiger partial charge in [0, 0.05) is 6.42 Å². The van der Waals surface area contributed by atoms with Crippen LogP contribution in [0.2, 0.25) is 0 Å². The highest BCUT2D eigenvalue weighted by molar-refractivity contribution is 6.04. The van der Waals surface area contributed by atoms with E-state index in [9.17, 15) is 9.59 Å². The fraction of sp³-hybridized carbons (Fsp3) is 0.500. The number of Topliss-reactive ketones (excluding diaryl/α,β-unsaturated/α-hetero) is 1. The predicted octanol–water partition coefficient (Wildman–Crippen LogP) is 3.77. The topological polar surface area (TPSA) is 55.9 Å². The number of ketones is 1. The molecule has 1 saturated carbocycles. The molecule has 3 rings (SSSR count). The number of benzene rings is 1. The van der Waals surface area contributed by atoms with E-state index in [-0.39, 0.29) is 24.0 Å². The minimum absolute atomic E-state index is 0.0215. The van der Waals surface area contributed by atoms with Gasteiger partial charge >= 0.3 is 5.97 Å². The lowest BCUT2D eigenvalue weighted by Gasteiger charge is -2.32. The van der Waals surface area contributed by atoms with Gasteiger partial charge in [0.15, 0.2) is 0 Å². The van der Waals surface area contributed by atoms with Crippen LogP contribution in [-0.4, -0.2) is 24.5 Å². The molecule has 1 aromatic rings. The van der Waals surface area contributed by atoms with Crippen molar-refractivity contribution in [3.05, 3.63) is 48.0 Å². The molecule has 0 radical (unpaired) electrons. The molecule has 4 heteroatoms. The largest absolute Gasteiger partial charge is 0.465 e. The normalized spacial score (nSPS) is 29.6. The van der Waals surface area contributed by atoms with Gasteiger partial charge in [-0.3, -0.25) is 9.59 Å². The van der Waals surface area contributed by atoms with Crippen molar-refractivity contribution in [3.63, 3.8) is 0 Å². The summed E-state index contributed by atoms with van der Waals surface area (Å²) in [4.78, 5) is 24.8. The molecule has 0 aromatic heterocycles.